The normalized spacial score (nSPS) is 20.7. The zero-order valence-corrected chi connectivity index (χ0v) is 15.8. The van der Waals surface area contributed by atoms with Crippen LogP contribution in [0.3, 0.4) is 0 Å². The van der Waals surface area contributed by atoms with E-state index in [1.54, 1.807) is 24.0 Å². The molecule has 2 rings (SSSR count). The fraction of sp³-hybridized carbons (Fsp3) is 0.632. The molecule has 1 aromatic rings. The first kappa shape index (κ1) is 19.7. The third kappa shape index (κ3) is 5.17. The fourth-order valence-corrected chi connectivity index (χ4v) is 3.31. The number of carbonyl (C=O) groups excluding carboxylic acids is 1. The Hall–Kier alpha value is -1.63. The lowest BCUT2D eigenvalue weighted by Gasteiger charge is -2.25. The second-order valence-electron chi connectivity index (χ2n) is 7.48. The maximum Gasteiger partial charge on any atom is 0.254 e. The van der Waals surface area contributed by atoms with Gasteiger partial charge in [0.1, 0.15) is 5.75 Å². The molecule has 140 valence electrons. The lowest BCUT2D eigenvalue weighted by atomic mass is 9.96. The molecule has 2 N–H and O–H groups in total. The Kier molecular flexibility index (Phi) is 6.81. The lowest BCUT2D eigenvalue weighted by molar-refractivity contribution is 0.0779. The van der Waals surface area contributed by atoms with Crippen molar-refractivity contribution in [2.45, 2.75) is 6.92 Å². The Morgan fingerprint density at radius 3 is 2.48 bits per heavy atom. The number of benzene rings is 1. The molecule has 0 saturated carbocycles. The summed E-state index contributed by atoms with van der Waals surface area (Å²) in [5.41, 5.74) is 1.26. The van der Waals surface area contributed by atoms with E-state index in [4.69, 9.17) is 0 Å². The van der Waals surface area contributed by atoms with Crippen LogP contribution in [0, 0.1) is 18.8 Å². The molecule has 0 radical (unpaired) electrons. The van der Waals surface area contributed by atoms with Crippen molar-refractivity contribution < 1.29 is 15.0 Å². The monoisotopic (exact) mass is 349 g/mol. The molecule has 6 heteroatoms. The highest BCUT2D eigenvalue weighted by Crippen LogP contribution is 2.26. The zero-order valence-electron chi connectivity index (χ0n) is 15.8. The summed E-state index contributed by atoms with van der Waals surface area (Å²) in [5.74, 6) is 0.431. The average Bonchev–Trinajstić information content (AvgIpc) is 2.97. The molecule has 25 heavy (non-hydrogen) atoms. The van der Waals surface area contributed by atoms with Gasteiger partial charge >= 0.3 is 0 Å². The van der Waals surface area contributed by atoms with E-state index >= 15 is 0 Å². The Balaban J connectivity index is 1.99. The number of carbonyl (C=O) groups is 1. The minimum Gasteiger partial charge on any atom is -0.508 e. The van der Waals surface area contributed by atoms with Crippen molar-refractivity contribution in [1.29, 1.82) is 0 Å². The molecule has 0 spiro atoms. The lowest BCUT2D eigenvalue weighted by Crippen LogP contribution is -2.35. The molecule has 6 nitrogen and oxygen atoms in total. The zero-order chi connectivity index (χ0) is 18.6. The number of aliphatic hydroxyl groups is 1. The van der Waals surface area contributed by atoms with Crippen LogP contribution in [0.1, 0.15) is 15.9 Å². The van der Waals surface area contributed by atoms with Gasteiger partial charge in [-0.2, -0.15) is 0 Å². The van der Waals surface area contributed by atoms with Crippen LogP contribution >= 0.6 is 0 Å². The molecular formula is C19H31N3O3. The molecule has 1 aliphatic heterocycles. The fourth-order valence-electron chi connectivity index (χ4n) is 3.31. The maximum atomic E-state index is 12.7. The van der Waals surface area contributed by atoms with E-state index in [0.717, 1.165) is 25.2 Å². The molecular weight excluding hydrogens is 318 g/mol. The van der Waals surface area contributed by atoms with Crippen LogP contribution in [-0.4, -0.2) is 91.3 Å². The van der Waals surface area contributed by atoms with Crippen LogP contribution in [-0.2, 0) is 0 Å². The number of phenols is 1. The Labute approximate surface area is 150 Å². The van der Waals surface area contributed by atoms with Gasteiger partial charge in [-0.05, 0) is 51.7 Å². The minimum atomic E-state index is -0.0767. The number of amides is 1. The standard InChI is InChI=1S/C19H31N3O3/c1-14-5-6-15(9-18(14)24)19(25)22-11-16(17(12-22)13-23)10-21(4)8-7-20(2)3/h5-6,9,16-17,23-24H,7-8,10-13H2,1-4H3. The van der Waals surface area contributed by atoms with Crippen LogP contribution in [0.4, 0.5) is 0 Å². The highest BCUT2D eigenvalue weighted by atomic mass is 16.3. The van der Waals surface area contributed by atoms with Gasteiger partial charge in [-0.1, -0.05) is 6.07 Å². The van der Waals surface area contributed by atoms with Crippen molar-refractivity contribution in [3.63, 3.8) is 0 Å². The highest BCUT2D eigenvalue weighted by Gasteiger charge is 2.35. The van der Waals surface area contributed by atoms with E-state index in [0.29, 0.717) is 18.7 Å². The number of aliphatic hydroxyl groups excluding tert-OH is 1. The van der Waals surface area contributed by atoms with Crippen LogP contribution in [0.15, 0.2) is 18.2 Å². The summed E-state index contributed by atoms with van der Waals surface area (Å²) in [6.45, 7) is 5.92. The number of nitrogens with zero attached hydrogens (tertiary/aromatic N) is 3. The van der Waals surface area contributed by atoms with E-state index in [9.17, 15) is 15.0 Å². The first-order valence-corrected chi connectivity index (χ1v) is 8.84. The number of phenolic OH excluding ortho intramolecular Hbond substituents is 1. The van der Waals surface area contributed by atoms with Crippen molar-refractivity contribution in [2.75, 3.05) is 60.5 Å². The predicted octanol–water partition coefficient (Wildman–Crippen LogP) is 0.875. The summed E-state index contributed by atoms with van der Waals surface area (Å²) in [4.78, 5) is 18.9. The van der Waals surface area contributed by atoms with Gasteiger partial charge in [0.25, 0.3) is 5.91 Å². The number of aromatic hydroxyl groups is 1. The van der Waals surface area contributed by atoms with Crippen LogP contribution < -0.4 is 0 Å². The van der Waals surface area contributed by atoms with Gasteiger partial charge < -0.3 is 24.9 Å². The Morgan fingerprint density at radius 2 is 1.88 bits per heavy atom. The molecule has 1 amide bonds. The third-order valence-corrected chi connectivity index (χ3v) is 5.03. The maximum absolute atomic E-state index is 12.7. The van der Waals surface area contributed by atoms with E-state index in [1.807, 2.05) is 0 Å². The molecule has 1 saturated heterocycles. The number of likely N-dealkylation sites (tertiary alicyclic amines) is 1. The van der Waals surface area contributed by atoms with Crippen LogP contribution in [0.25, 0.3) is 0 Å². The number of aryl methyl sites for hydroxylation is 1. The first-order chi connectivity index (χ1) is 11.8. The van der Waals surface area contributed by atoms with Crippen molar-refractivity contribution in [2.24, 2.45) is 11.8 Å². The van der Waals surface area contributed by atoms with Gasteiger partial charge in [0, 0.05) is 50.8 Å². The van der Waals surface area contributed by atoms with Gasteiger partial charge in [-0.3, -0.25) is 4.79 Å². The molecule has 1 heterocycles. The van der Waals surface area contributed by atoms with Crippen molar-refractivity contribution in [3.8, 4) is 5.75 Å². The van der Waals surface area contributed by atoms with Gasteiger partial charge in [0.15, 0.2) is 0 Å². The van der Waals surface area contributed by atoms with Crippen molar-refractivity contribution in [3.05, 3.63) is 29.3 Å². The Morgan fingerprint density at radius 1 is 1.20 bits per heavy atom. The summed E-state index contributed by atoms with van der Waals surface area (Å²) >= 11 is 0. The van der Waals surface area contributed by atoms with Crippen LogP contribution in [0.2, 0.25) is 0 Å². The Bertz CT molecular complexity index is 591. The summed E-state index contributed by atoms with van der Waals surface area (Å²) in [6, 6.07) is 5.04. The smallest absolute Gasteiger partial charge is 0.254 e. The van der Waals surface area contributed by atoms with Crippen LogP contribution in [0.5, 0.6) is 5.75 Å². The molecule has 1 aromatic carbocycles. The van der Waals surface area contributed by atoms with Crippen molar-refractivity contribution in [1.82, 2.24) is 14.7 Å². The molecule has 0 aromatic heterocycles. The van der Waals surface area contributed by atoms with Gasteiger partial charge in [0.05, 0.1) is 0 Å². The second kappa shape index (κ2) is 8.65. The number of likely N-dealkylation sites (N-methyl/N-ethyl adjacent to an activating group) is 2. The molecule has 2 atom stereocenters. The second-order valence-corrected chi connectivity index (χ2v) is 7.48. The van der Waals surface area contributed by atoms with Crippen molar-refractivity contribution >= 4 is 5.91 Å². The van der Waals surface area contributed by atoms with Gasteiger partial charge in [-0.25, -0.2) is 0 Å². The topological polar surface area (TPSA) is 67.3 Å². The average molecular weight is 349 g/mol. The largest absolute Gasteiger partial charge is 0.508 e. The quantitative estimate of drug-likeness (QED) is 0.765. The molecule has 0 bridgehead atoms. The minimum absolute atomic E-state index is 0.0767. The number of hydrogen-bond acceptors (Lipinski definition) is 5. The first-order valence-electron chi connectivity index (χ1n) is 8.84. The summed E-state index contributed by atoms with van der Waals surface area (Å²) < 4.78 is 0. The van der Waals surface area contributed by atoms with Gasteiger partial charge in [0.2, 0.25) is 0 Å². The summed E-state index contributed by atoms with van der Waals surface area (Å²) in [5, 5.41) is 19.6. The molecule has 1 aliphatic rings. The summed E-state index contributed by atoms with van der Waals surface area (Å²) in [6.07, 6.45) is 0. The van der Waals surface area contributed by atoms with E-state index < -0.39 is 0 Å². The SMILES string of the molecule is Cc1ccc(C(=O)N2CC(CO)C(CN(C)CCN(C)C)C2)cc1O. The van der Waals surface area contributed by atoms with E-state index in [1.165, 1.54) is 6.07 Å². The third-order valence-electron chi connectivity index (χ3n) is 5.03. The predicted molar refractivity (Wildman–Crippen MR) is 98.9 cm³/mol. The molecule has 2 unspecified atom stereocenters. The molecule has 1 fully saturated rings. The van der Waals surface area contributed by atoms with E-state index in [-0.39, 0.29) is 30.1 Å². The highest BCUT2D eigenvalue weighted by molar-refractivity contribution is 5.95. The van der Waals surface area contributed by atoms with Gasteiger partial charge in [-0.15, -0.1) is 0 Å². The molecule has 0 aliphatic carbocycles. The number of hydrogen-bond donors (Lipinski definition) is 2. The van der Waals surface area contributed by atoms with E-state index in [2.05, 4.69) is 30.9 Å². The summed E-state index contributed by atoms with van der Waals surface area (Å²) in [7, 11) is 6.19. The number of rotatable bonds is 7.